The molecule has 2 atom stereocenters. The van der Waals surface area contributed by atoms with E-state index in [9.17, 15) is 0 Å². The molecule has 2 aliphatic rings. The number of aromatic nitrogens is 1. The molecule has 0 amide bonds. The van der Waals surface area contributed by atoms with E-state index in [4.69, 9.17) is 28.1 Å². The molecule has 4 heteroatoms. The zero-order chi connectivity index (χ0) is 15.5. The van der Waals surface area contributed by atoms with Crippen molar-refractivity contribution in [2.75, 3.05) is 5.73 Å². The zero-order valence-corrected chi connectivity index (χ0v) is 13.5. The lowest BCUT2D eigenvalue weighted by atomic mass is 9.66. The van der Waals surface area contributed by atoms with Gasteiger partial charge in [0.25, 0.3) is 0 Å². The van der Waals surface area contributed by atoms with E-state index in [1.165, 1.54) is 5.57 Å². The first kappa shape index (κ1) is 14.0. The molecule has 0 unspecified atom stereocenters. The predicted molar refractivity (Wildman–Crippen MR) is 91.8 cm³/mol. The Morgan fingerprint density at radius 3 is 3.00 bits per heavy atom. The maximum atomic E-state index is 6.81. The maximum Gasteiger partial charge on any atom is 0.0741 e. The van der Waals surface area contributed by atoms with Crippen molar-refractivity contribution in [1.82, 2.24) is 4.98 Å². The average molecular weight is 314 g/mol. The Bertz CT molecular complexity index is 812. The molecular formula is C18H20ClN3. The molecule has 1 heterocycles. The summed E-state index contributed by atoms with van der Waals surface area (Å²) in [5.41, 5.74) is 18.2. The van der Waals surface area contributed by atoms with Crippen molar-refractivity contribution in [2.24, 2.45) is 11.7 Å². The van der Waals surface area contributed by atoms with Gasteiger partial charge in [0.1, 0.15) is 0 Å². The van der Waals surface area contributed by atoms with Crippen LogP contribution in [0.15, 0.2) is 29.8 Å². The second-order valence-electron chi connectivity index (χ2n) is 6.69. The van der Waals surface area contributed by atoms with Crippen LogP contribution in [-0.4, -0.2) is 4.98 Å². The fraction of sp³-hybridized carbons (Fsp3) is 0.389. The van der Waals surface area contributed by atoms with Gasteiger partial charge >= 0.3 is 0 Å². The number of nitrogens with two attached hydrogens (primary N) is 2. The van der Waals surface area contributed by atoms with Crippen LogP contribution in [0.1, 0.15) is 37.4 Å². The minimum atomic E-state index is -0.372. The highest BCUT2D eigenvalue weighted by Crippen LogP contribution is 2.48. The van der Waals surface area contributed by atoms with Crippen LogP contribution in [0.4, 0.5) is 5.69 Å². The molecule has 1 aromatic heterocycles. The first-order chi connectivity index (χ1) is 10.5. The van der Waals surface area contributed by atoms with Crippen molar-refractivity contribution in [2.45, 2.75) is 38.1 Å². The Kier molecular flexibility index (Phi) is 3.00. The second-order valence-corrected chi connectivity index (χ2v) is 7.12. The summed E-state index contributed by atoms with van der Waals surface area (Å²) >= 11 is 6.10. The highest BCUT2D eigenvalue weighted by atomic mass is 35.5. The number of anilines is 1. The van der Waals surface area contributed by atoms with E-state index < -0.39 is 0 Å². The van der Waals surface area contributed by atoms with Crippen LogP contribution in [0.2, 0.25) is 5.02 Å². The van der Waals surface area contributed by atoms with Crippen molar-refractivity contribution in [3.05, 3.63) is 46.1 Å². The molecule has 1 aromatic carbocycles. The van der Waals surface area contributed by atoms with E-state index in [1.807, 2.05) is 18.2 Å². The monoisotopic (exact) mass is 313 g/mol. The van der Waals surface area contributed by atoms with Gasteiger partial charge in [-0.1, -0.05) is 30.2 Å². The number of rotatable bonds is 1. The molecule has 0 radical (unpaired) electrons. The van der Waals surface area contributed by atoms with E-state index in [0.717, 1.165) is 53.5 Å². The van der Waals surface area contributed by atoms with Crippen molar-refractivity contribution < 1.29 is 0 Å². The molecular weight excluding hydrogens is 294 g/mol. The van der Waals surface area contributed by atoms with Gasteiger partial charge in [0.05, 0.1) is 5.52 Å². The van der Waals surface area contributed by atoms with E-state index >= 15 is 0 Å². The Morgan fingerprint density at radius 1 is 1.41 bits per heavy atom. The molecule has 4 rings (SSSR count). The molecule has 2 bridgehead atoms. The number of hydrogen-bond donors (Lipinski definition) is 2. The smallest absolute Gasteiger partial charge is 0.0741 e. The Balaban J connectivity index is 1.98. The van der Waals surface area contributed by atoms with Gasteiger partial charge in [-0.2, -0.15) is 0 Å². The molecule has 22 heavy (non-hydrogen) atoms. The number of allylic oxidation sites excluding steroid dienone is 1. The summed E-state index contributed by atoms with van der Waals surface area (Å²) in [6.07, 6.45) is 6.23. The summed E-state index contributed by atoms with van der Waals surface area (Å²) in [6.45, 7) is 2.20. The molecule has 0 fully saturated rings. The molecule has 0 saturated carbocycles. The molecule has 0 aliphatic heterocycles. The van der Waals surface area contributed by atoms with Crippen LogP contribution in [0.3, 0.4) is 0 Å². The number of benzene rings is 1. The highest BCUT2D eigenvalue weighted by Gasteiger charge is 2.42. The summed E-state index contributed by atoms with van der Waals surface area (Å²) in [5.74, 6) is 0.477. The van der Waals surface area contributed by atoms with Gasteiger partial charge in [0.2, 0.25) is 0 Å². The highest BCUT2D eigenvalue weighted by molar-refractivity contribution is 6.31. The summed E-state index contributed by atoms with van der Waals surface area (Å²) in [4.78, 5) is 4.84. The van der Waals surface area contributed by atoms with Crippen molar-refractivity contribution >= 4 is 28.2 Å². The number of fused-ring (bicyclic) bond motifs is 5. The molecule has 114 valence electrons. The fourth-order valence-corrected chi connectivity index (χ4v) is 4.40. The standard InChI is InChI=1S/C18H20ClN3/c1-2-10-5-11-6-15-16(18(21,8-10)9-11)17(20)13-4-3-12(19)7-14(13)22-15/h3-5,7,11H,2,6,8-9,21H2,1H3,(H2,20,22)/t11-,18+/m1/s1. The zero-order valence-electron chi connectivity index (χ0n) is 12.7. The van der Waals surface area contributed by atoms with Crippen LogP contribution < -0.4 is 11.5 Å². The van der Waals surface area contributed by atoms with Gasteiger partial charge in [0, 0.05) is 32.9 Å². The number of hydrogen-bond acceptors (Lipinski definition) is 3. The first-order valence-electron chi connectivity index (χ1n) is 7.86. The van der Waals surface area contributed by atoms with E-state index in [-0.39, 0.29) is 5.54 Å². The lowest BCUT2D eigenvalue weighted by Crippen LogP contribution is -2.46. The molecule has 2 aliphatic carbocycles. The van der Waals surface area contributed by atoms with Crippen molar-refractivity contribution in [3.8, 4) is 0 Å². The van der Waals surface area contributed by atoms with Crippen LogP contribution in [-0.2, 0) is 12.0 Å². The summed E-state index contributed by atoms with van der Waals surface area (Å²) in [7, 11) is 0. The van der Waals surface area contributed by atoms with E-state index in [2.05, 4.69) is 13.0 Å². The third-order valence-corrected chi connectivity index (χ3v) is 5.35. The van der Waals surface area contributed by atoms with Gasteiger partial charge in [-0.25, -0.2) is 0 Å². The van der Waals surface area contributed by atoms with Crippen LogP contribution >= 0.6 is 11.6 Å². The maximum absolute atomic E-state index is 6.81. The molecule has 3 nitrogen and oxygen atoms in total. The molecule has 2 aromatic rings. The summed E-state index contributed by atoms with van der Waals surface area (Å²) in [5, 5.41) is 1.64. The Morgan fingerprint density at radius 2 is 2.23 bits per heavy atom. The first-order valence-corrected chi connectivity index (χ1v) is 8.24. The predicted octanol–water partition coefficient (Wildman–Crippen LogP) is 3.93. The Hall–Kier alpha value is -1.58. The lowest BCUT2D eigenvalue weighted by molar-refractivity contribution is 0.298. The minimum absolute atomic E-state index is 0.372. The average Bonchev–Trinajstić information content (AvgIpc) is 2.45. The number of nitrogens with zero attached hydrogens (tertiary/aromatic N) is 1. The van der Waals surface area contributed by atoms with Crippen LogP contribution in [0.5, 0.6) is 0 Å². The quantitative estimate of drug-likeness (QED) is 0.784. The molecule has 4 N–H and O–H groups in total. The van der Waals surface area contributed by atoms with Gasteiger partial charge in [-0.3, -0.25) is 4.98 Å². The Labute approximate surface area is 135 Å². The van der Waals surface area contributed by atoms with Gasteiger partial charge < -0.3 is 11.5 Å². The fourth-order valence-electron chi connectivity index (χ4n) is 4.23. The van der Waals surface area contributed by atoms with E-state index in [1.54, 1.807) is 0 Å². The van der Waals surface area contributed by atoms with Crippen LogP contribution in [0, 0.1) is 5.92 Å². The van der Waals surface area contributed by atoms with Gasteiger partial charge in [-0.15, -0.1) is 0 Å². The lowest BCUT2D eigenvalue weighted by Gasteiger charge is -2.43. The summed E-state index contributed by atoms with van der Waals surface area (Å²) in [6, 6.07) is 5.70. The van der Waals surface area contributed by atoms with Gasteiger partial charge in [-0.05, 0) is 49.8 Å². The van der Waals surface area contributed by atoms with Crippen LogP contribution in [0.25, 0.3) is 10.9 Å². The number of nitrogen functional groups attached to an aromatic ring is 1. The SMILES string of the molecule is CCC1=C[C@@H]2Cc3nc4cc(Cl)ccc4c(N)c3[C@](N)(C1)C2. The molecule has 0 saturated heterocycles. The summed E-state index contributed by atoms with van der Waals surface area (Å²) < 4.78 is 0. The number of pyridine rings is 1. The third kappa shape index (κ3) is 1.96. The third-order valence-electron chi connectivity index (χ3n) is 5.11. The van der Waals surface area contributed by atoms with Crippen molar-refractivity contribution in [1.29, 1.82) is 0 Å². The molecule has 0 spiro atoms. The number of halogens is 1. The minimum Gasteiger partial charge on any atom is -0.398 e. The largest absolute Gasteiger partial charge is 0.398 e. The van der Waals surface area contributed by atoms with E-state index in [0.29, 0.717) is 10.9 Å². The van der Waals surface area contributed by atoms with Crippen molar-refractivity contribution in [3.63, 3.8) is 0 Å². The van der Waals surface area contributed by atoms with Gasteiger partial charge in [0.15, 0.2) is 0 Å². The second kappa shape index (κ2) is 4.71. The normalized spacial score (nSPS) is 26.7. The topological polar surface area (TPSA) is 64.9 Å².